The first kappa shape index (κ1) is 19.7. The van der Waals surface area contributed by atoms with Gasteiger partial charge in [-0.05, 0) is 29.2 Å². The number of amides is 1. The van der Waals surface area contributed by atoms with E-state index in [2.05, 4.69) is 17.2 Å². The number of ether oxygens (including phenoxy) is 1. The third kappa shape index (κ3) is 3.43. The first-order valence-electron chi connectivity index (χ1n) is 9.84. The smallest absolute Gasteiger partial charge is 0.410 e. The Labute approximate surface area is 174 Å². The lowest BCUT2D eigenvalue weighted by Crippen LogP contribution is -2.36. The summed E-state index contributed by atoms with van der Waals surface area (Å²) in [6.07, 6.45) is 2.41. The fourth-order valence-electron chi connectivity index (χ4n) is 4.03. The number of carbonyl (C=O) groups excluding carboxylic acids is 1. The van der Waals surface area contributed by atoms with Gasteiger partial charge in [0.2, 0.25) is 0 Å². The summed E-state index contributed by atoms with van der Waals surface area (Å²) in [4.78, 5) is 25.7. The van der Waals surface area contributed by atoms with Crippen molar-refractivity contribution in [1.82, 2.24) is 14.7 Å². The van der Waals surface area contributed by atoms with Crippen LogP contribution in [-0.4, -0.2) is 45.5 Å². The van der Waals surface area contributed by atoms with Crippen LogP contribution >= 0.6 is 0 Å². The van der Waals surface area contributed by atoms with E-state index >= 15 is 0 Å². The number of carbonyl (C=O) groups is 2. The number of likely N-dealkylation sites (N-methyl/N-ethyl adjacent to an activating group) is 1. The first-order valence-corrected chi connectivity index (χ1v) is 9.84. The molecule has 0 saturated heterocycles. The number of carboxylic acid groups (broad SMARTS) is 1. The molecule has 0 bridgehead atoms. The van der Waals surface area contributed by atoms with Crippen LogP contribution in [0, 0.1) is 0 Å². The Kier molecular flexibility index (Phi) is 5.27. The lowest BCUT2D eigenvalue weighted by Gasteiger charge is -2.24. The zero-order chi connectivity index (χ0) is 21.3. The van der Waals surface area contributed by atoms with E-state index in [9.17, 15) is 14.7 Å². The van der Waals surface area contributed by atoms with Crippen molar-refractivity contribution in [3.8, 4) is 11.1 Å². The van der Waals surface area contributed by atoms with E-state index in [1.807, 2.05) is 43.3 Å². The third-order valence-corrected chi connectivity index (χ3v) is 5.54. The van der Waals surface area contributed by atoms with Gasteiger partial charge in [-0.15, -0.1) is 0 Å². The Morgan fingerprint density at radius 1 is 1.13 bits per heavy atom. The molecule has 1 aromatic heterocycles. The zero-order valence-corrected chi connectivity index (χ0v) is 16.9. The number of rotatable bonds is 6. The number of benzene rings is 2. The molecule has 2 aromatic carbocycles. The van der Waals surface area contributed by atoms with Gasteiger partial charge in [-0.3, -0.25) is 9.58 Å². The van der Waals surface area contributed by atoms with Gasteiger partial charge in [0.25, 0.3) is 0 Å². The van der Waals surface area contributed by atoms with E-state index in [4.69, 9.17) is 4.74 Å². The van der Waals surface area contributed by atoms with Gasteiger partial charge < -0.3 is 9.84 Å². The second-order valence-corrected chi connectivity index (χ2v) is 7.29. The minimum Gasteiger partial charge on any atom is -0.479 e. The Morgan fingerprint density at radius 3 is 2.27 bits per heavy atom. The predicted molar refractivity (Wildman–Crippen MR) is 111 cm³/mol. The molecule has 1 aliphatic carbocycles. The highest BCUT2D eigenvalue weighted by atomic mass is 16.6. The molecule has 0 saturated carbocycles. The molecule has 7 heteroatoms. The van der Waals surface area contributed by atoms with Crippen LogP contribution in [0.15, 0.2) is 60.9 Å². The van der Waals surface area contributed by atoms with E-state index in [1.165, 1.54) is 13.2 Å². The molecule has 3 aromatic rings. The maximum atomic E-state index is 12.7. The maximum Gasteiger partial charge on any atom is 0.410 e. The number of hydrogen-bond donors (Lipinski definition) is 1. The van der Waals surface area contributed by atoms with Crippen LogP contribution < -0.4 is 0 Å². The predicted octanol–water partition coefficient (Wildman–Crippen LogP) is 3.91. The van der Waals surface area contributed by atoms with Crippen LogP contribution in [0.3, 0.4) is 0 Å². The standard InChI is InChI=1S/C23H23N3O4/c1-3-26-13-15(12-24-26)21(22(27)28)25(2)23(29)30-14-20-18-10-6-4-8-16(18)17-9-5-7-11-19(17)20/h4-13,20-21H,3,14H2,1-2H3,(H,27,28). The van der Waals surface area contributed by atoms with Crippen molar-refractivity contribution in [2.75, 3.05) is 13.7 Å². The Bertz CT molecular complexity index is 1050. The second kappa shape index (κ2) is 8.02. The molecule has 1 aliphatic rings. The summed E-state index contributed by atoms with van der Waals surface area (Å²) in [7, 11) is 1.43. The Morgan fingerprint density at radius 2 is 1.73 bits per heavy atom. The molecule has 7 nitrogen and oxygen atoms in total. The highest BCUT2D eigenvalue weighted by Gasteiger charge is 2.33. The quantitative estimate of drug-likeness (QED) is 0.672. The fraction of sp³-hybridized carbons (Fsp3) is 0.261. The topological polar surface area (TPSA) is 84.7 Å². The zero-order valence-electron chi connectivity index (χ0n) is 16.9. The summed E-state index contributed by atoms with van der Waals surface area (Å²) in [5.74, 6) is -1.22. The summed E-state index contributed by atoms with van der Waals surface area (Å²) >= 11 is 0. The second-order valence-electron chi connectivity index (χ2n) is 7.29. The lowest BCUT2D eigenvalue weighted by molar-refractivity contribution is -0.142. The average molecular weight is 405 g/mol. The number of aliphatic carboxylic acids is 1. The lowest BCUT2D eigenvalue weighted by atomic mass is 9.98. The van der Waals surface area contributed by atoms with Crippen molar-refractivity contribution in [3.05, 3.63) is 77.6 Å². The molecule has 154 valence electrons. The van der Waals surface area contributed by atoms with Crippen molar-refractivity contribution in [3.63, 3.8) is 0 Å². The van der Waals surface area contributed by atoms with Crippen molar-refractivity contribution in [1.29, 1.82) is 0 Å². The molecule has 30 heavy (non-hydrogen) atoms. The fourth-order valence-corrected chi connectivity index (χ4v) is 4.03. The number of hydrogen-bond acceptors (Lipinski definition) is 4. The van der Waals surface area contributed by atoms with E-state index in [-0.39, 0.29) is 12.5 Å². The molecule has 0 spiro atoms. The van der Waals surface area contributed by atoms with Gasteiger partial charge in [0, 0.05) is 31.3 Å². The van der Waals surface area contributed by atoms with Crippen molar-refractivity contribution in [2.45, 2.75) is 25.4 Å². The van der Waals surface area contributed by atoms with E-state index < -0.39 is 18.1 Å². The molecular weight excluding hydrogens is 382 g/mol. The minimum atomic E-state index is -1.17. The monoisotopic (exact) mass is 405 g/mol. The maximum absolute atomic E-state index is 12.7. The molecular formula is C23H23N3O4. The summed E-state index contributed by atoms with van der Waals surface area (Å²) in [6.45, 7) is 2.65. The van der Waals surface area contributed by atoms with Crippen molar-refractivity contribution >= 4 is 12.1 Å². The molecule has 1 atom stereocenters. The van der Waals surface area contributed by atoms with Crippen LogP contribution in [-0.2, 0) is 16.1 Å². The van der Waals surface area contributed by atoms with Gasteiger partial charge in [0.1, 0.15) is 6.61 Å². The summed E-state index contributed by atoms with van der Waals surface area (Å²) in [6, 6.07) is 15.0. The van der Waals surface area contributed by atoms with Gasteiger partial charge in [0.05, 0.1) is 6.20 Å². The van der Waals surface area contributed by atoms with Gasteiger partial charge in [-0.1, -0.05) is 48.5 Å². The van der Waals surface area contributed by atoms with E-state index in [0.717, 1.165) is 27.2 Å². The van der Waals surface area contributed by atoms with Crippen LogP contribution in [0.25, 0.3) is 11.1 Å². The first-order chi connectivity index (χ1) is 14.5. The molecule has 1 heterocycles. The van der Waals surface area contributed by atoms with E-state index in [0.29, 0.717) is 12.1 Å². The molecule has 4 rings (SSSR count). The SMILES string of the molecule is CCn1cc(C(C(=O)O)N(C)C(=O)OCC2c3ccccc3-c3ccccc32)cn1. The molecule has 0 fully saturated rings. The normalized spacial score (nSPS) is 13.4. The highest BCUT2D eigenvalue weighted by Crippen LogP contribution is 2.44. The van der Waals surface area contributed by atoms with Crippen molar-refractivity contribution < 1.29 is 19.4 Å². The number of nitrogens with zero attached hydrogens (tertiary/aromatic N) is 3. The van der Waals surface area contributed by atoms with Crippen LogP contribution in [0.4, 0.5) is 4.79 Å². The summed E-state index contributed by atoms with van der Waals surface area (Å²) in [5, 5.41) is 13.8. The Balaban J connectivity index is 1.52. The van der Waals surface area contributed by atoms with Crippen LogP contribution in [0.2, 0.25) is 0 Å². The molecule has 1 unspecified atom stereocenters. The number of aromatic nitrogens is 2. The van der Waals surface area contributed by atoms with E-state index in [1.54, 1.807) is 10.9 Å². The largest absolute Gasteiger partial charge is 0.479 e. The minimum absolute atomic E-state index is 0.0825. The number of fused-ring (bicyclic) bond motifs is 3. The Hall–Kier alpha value is -3.61. The third-order valence-electron chi connectivity index (χ3n) is 5.54. The number of aryl methyl sites for hydroxylation is 1. The molecule has 0 radical (unpaired) electrons. The number of carboxylic acids is 1. The van der Waals surface area contributed by atoms with Crippen LogP contribution in [0.1, 0.15) is 35.6 Å². The average Bonchev–Trinajstić information content (AvgIpc) is 3.34. The van der Waals surface area contributed by atoms with Gasteiger partial charge in [0.15, 0.2) is 6.04 Å². The summed E-state index contributed by atoms with van der Waals surface area (Å²) < 4.78 is 7.21. The molecule has 1 N–H and O–H groups in total. The van der Waals surface area contributed by atoms with Crippen molar-refractivity contribution in [2.24, 2.45) is 0 Å². The molecule has 1 amide bonds. The summed E-state index contributed by atoms with van der Waals surface area (Å²) in [5.41, 5.74) is 4.91. The van der Waals surface area contributed by atoms with Gasteiger partial charge >= 0.3 is 12.1 Å². The molecule has 0 aliphatic heterocycles. The van der Waals surface area contributed by atoms with Crippen LogP contribution in [0.5, 0.6) is 0 Å². The van der Waals surface area contributed by atoms with Gasteiger partial charge in [-0.2, -0.15) is 5.10 Å². The van der Waals surface area contributed by atoms with Gasteiger partial charge in [-0.25, -0.2) is 9.59 Å². The highest BCUT2D eigenvalue weighted by molar-refractivity contribution is 5.82.